The number of H-pyrrole nitrogens is 1. The average molecular weight is 491 g/mol. The Balaban J connectivity index is 1.52. The van der Waals surface area contributed by atoms with Gasteiger partial charge in [0.05, 0.1) is 18.1 Å². The number of anilines is 1. The highest BCUT2D eigenvalue weighted by atomic mass is 35.5. The van der Waals surface area contributed by atoms with Gasteiger partial charge >= 0.3 is 0 Å². The molecule has 0 bridgehead atoms. The molecule has 172 valence electrons. The summed E-state index contributed by atoms with van der Waals surface area (Å²) in [6.07, 6.45) is 4.89. The van der Waals surface area contributed by atoms with Crippen molar-refractivity contribution in [3.8, 4) is 0 Å². The first kappa shape index (κ1) is 22.7. The van der Waals surface area contributed by atoms with Crippen LogP contribution in [0.15, 0.2) is 85.3 Å². The lowest BCUT2D eigenvalue weighted by molar-refractivity contribution is -0.120. The summed E-state index contributed by atoms with van der Waals surface area (Å²) in [6, 6.07) is 22.7. The second-order valence-corrected chi connectivity index (χ2v) is 9.28. The van der Waals surface area contributed by atoms with Gasteiger partial charge in [-0.2, -0.15) is 0 Å². The molecule has 0 saturated heterocycles. The number of imidazole rings is 1. The maximum absolute atomic E-state index is 14.0. The molecule has 0 fully saturated rings. The number of halogens is 2. The molecule has 0 saturated carbocycles. The number of nitrogens with one attached hydrogen (secondary N) is 2. The summed E-state index contributed by atoms with van der Waals surface area (Å²) in [7, 11) is 0. The maximum atomic E-state index is 14.0. The normalized spacial score (nSPS) is 16.7. The molecule has 0 aliphatic carbocycles. The second kappa shape index (κ2) is 10.0. The number of fused-ring (bicyclic) bond motifs is 1. The number of rotatable bonds is 6. The molecule has 1 amide bonds. The molecule has 0 radical (unpaired) electrons. The number of aromatic nitrogens is 2. The predicted octanol–water partition coefficient (Wildman–Crippen LogP) is 5.92. The summed E-state index contributed by atoms with van der Waals surface area (Å²) in [6.45, 7) is 0.584. The van der Waals surface area contributed by atoms with Crippen LogP contribution in [0.4, 0.5) is 5.69 Å². The van der Waals surface area contributed by atoms with Crippen LogP contribution in [0.25, 0.3) is 0 Å². The number of carbonyl (C=O) groups excluding carboxylic acids is 1. The Morgan fingerprint density at radius 3 is 2.62 bits per heavy atom. The molecule has 2 heterocycles. The third-order valence-electron chi connectivity index (χ3n) is 6.22. The van der Waals surface area contributed by atoms with E-state index in [1.54, 1.807) is 12.5 Å². The Hall–Kier alpha value is -3.12. The minimum absolute atomic E-state index is 0.00663. The lowest BCUT2D eigenvalue weighted by Crippen LogP contribution is -2.42. The molecule has 2 N–H and O–H groups in total. The largest absolute Gasteiger partial charge is 0.347 e. The van der Waals surface area contributed by atoms with E-state index in [1.807, 2.05) is 71.6 Å². The van der Waals surface area contributed by atoms with Gasteiger partial charge in [-0.3, -0.25) is 10.1 Å². The number of nitrogens with zero attached hydrogens (tertiary/aromatic N) is 2. The molecule has 3 aromatic carbocycles. The van der Waals surface area contributed by atoms with Gasteiger partial charge in [0.25, 0.3) is 0 Å². The lowest BCUT2D eigenvalue weighted by Gasteiger charge is -2.29. The van der Waals surface area contributed by atoms with Crippen molar-refractivity contribution >= 4 is 34.8 Å². The van der Waals surface area contributed by atoms with Gasteiger partial charge in [0.15, 0.2) is 0 Å². The van der Waals surface area contributed by atoms with E-state index in [1.165, 1.54) is 0 Å². The Labute approximate surface area is 208 Å². The van der Waals surface area contributed by atoms with Crippen molar-refractivity contribution in [2.75, 3.05) is 11.4 Å². The van der Waals surface area contributed by atoms with Crippen molar-refractivity contribution < 1.29 is 4.79 Å². The number of carbonyl (C=O) groups is 1. The topological polar surface area (TPSA) is 61.0 Å². The van der Waals surface area contributed by atoms with Crippen molar-refractivity contribution in [3.05, 3.63) is 118 Å². The van der Waals surface area contributed by atoms with Crippen LogP contribution < -0.4 is 10.2 Å². The van der Waals surface area contributed by atoms with Gasteiger partial charge in [-0.25, -0.2) is 4.98 Å². The molecule has 0 spiro atoms. The van der Waals surface area contributed by atoms with Gasteiger partial charge in [0.1, 0.15) is 6.04 Å². The van der Waals surface area contributed by atoms with Gasteiger partial charge in [-0.15, -0.1) is 0 Å². The molecule has 4 aromatic rings. The van der Waals surface area contributed by atoms with Crippen LogP contribution in [0.3, 0.4) is 0 Å². The van der Waals surface area contributed by atoms with Crippen LogP contribution in [0.5, 0.6) is 0 Å². The first-order chi connectivity index (χ1) is 16.6. The zero-order chi connectivity index (χ0) is 23.5. The van der Waals surface area contributed by atoms with Crippen LogP contribution in [0.2, 0.25) is 10.0 Å². The smallest absolute Gasteiger partial charge is 0.248 e. The fourth-order valence-electron chi connectivity index (χ4n) is 4.51. The molecule has 5 rings (SSSR count). The van der Waals surface area contributed by atoms with Crippen LogP contribution >= 0.6 is 23.2 Å². The van der Waals surface area contributed by atoms with Crippen LogP contribution in [0, 0.1) is 0 Å². The zero-order valence-electron chi connectivity index (χ0n) is 18.4. The highest BCUT2D eigenvalue weighted by Gasteiger charge is 2.33. The number of benzene rings is 3. The van der Waals surface area contributed by atoms with Crippen LogP contribution in [-0.4, -0.2) is 22.4 Å². The molecule has 34 heavy (non-hydrogen) atoms. The zero-order valence-corrected chi connectivity index (χ0v) is 19.9. The molecule has 7 heteroatoms. The van der Waals surface area contributed by atoms with Crippen molar-refractivity contribution in [3.63, 3.8) is 0 Å². The van der Waals surface area contributed by atoms with Gasteiger partial charge in [-0.1, -0.05) is 65.7 Å². The molecule has 1 aliphatic heterocycles. The summed E-state index contributed by atoms with van der Waals surface area (Å²) in [4.78, 5) is 23.3. The Morgan fingerprint density at radius 2 is 1.85 bits per heavy atom. The Morgan fingerprint density at radius 1 is 1.03 bits per heavy atom. The minimum Gasteiger partial charge on any atom is -0.347 e. The summed E-state index contributed by atoms with van der Waals surface area (Å²) in [5.41, 5.74) is 4.98. The number of hydrogen-bond acceptors (Lipinski definition) is 3. The summed E-state index contributed by atoms with van der Waals surface area (Å²) >= 11 is 12.3. The highest BCUT2D eigenvalue weighted by Crippen LogP contribution is 2.32. The van der Waals surface area contributed by atoms with Gasteiger partial charge in [0, 0.05) is 28.5 Å². The summed E-state index contributed by atoms with van der Waals surface area (Å²) < 4.78 is 0. The van der Waals surface area contributed by atoms with E-state index < -0.39 is 6.04 Å². The minimum atomic E-state index is -0.529. The Bertz CT molecular complexity index is 1270. The summed E-state index contributed by atoms with van der Waals surface area (Å²) in [5.74, 6) is -0.00663. The van der Waals surface area contributed by atoms with Crippen LogP contribution in [0.1, 0.15) is 34.5 Å². The first-order valence-electron chi connectivity index (χ1n) is 11.2. The average Bonchev–Trinajstić information content (AvgIpc) is 3.34. The number of amides is 1. The van der Waals surface area contributed by atoms with E-state index in [9.17, 15) is 4.79 Å². The quantitative estimate of drug-likeness (QED) is 0.352. The third-order valence-corrected chi connectivity index (χ3v) is 6.71. The Kier molecular flexibility index (Phi) is 6.68. The van der Waals surface area contributed by atoms with E-state index in [2.05, 4.69) is 21.4 Å². The number of aromatic amines is 1. The van der Waals surface area contributed by atoms with Gasteiger partial charge in [0.2, 0.25) is 5.91 Å². The molecule has 2 atom stereocenters. The first-order valence-corrected chi connectivity index (χ1v) is 12.0. The van der Waals surface area contributed by atoms with E-state index in [-0.39, 0.29) is 11.9 Å². The molecule has 2 unspecified atom stereocenters. The van der Waals surface area contributed by atoms with E-state index in [0.29, 0.717) is 23.0 Å². The third kappa shape index (κ3) is 4.87. The fraction of sp³-hybridized carbons (Fsp3) is 0.185. The fourth-order valence-corrected chi connectivity index (χ4v) is 4.82. The highest BCUT2D eigenvalue weighted by molar-refractivity contribution is 6.31. The lowest BCUT2D eigenvalue weighted by atomic mass is 9.96. The van der Waals surface area contributed by atoms with Crippen LogP contribution in [-0.2, 0) is 17.6 Å². The van der Waals surface area contributed by atoms with Gasteiger partial charge < -0.3 is 9.88 Å². The summed E-state index contributed by atoms with van der Waals surface area (Å²) in [5, 5.41) is 4.95. The number of hydrogen-bond donors (Lipinski definition) is 2. The monoisotopic (exact) mass is 490 g/mol. The standard InChI is InChI=1S/C27H24Cl2N4O/c28-20-10-8-18(9-11-20)14-24(25-16-30-17-31-25)32-26-23-7-2-1-4-19(23)12-13-33(27(26)34)22-6-3-5-21(29)15-22/h1-11,15-17,24,26,32H,12-14H2,(H,30,31). The van der Waals surface area contributed by atoms with E-state index in [4.69, 9.17) is 23.2 Å². The SMILES string of the molecule is O=C1C(NC(Cc2ccc(Cl)cc2)c2cnc[nH]2)c2ccccc2CCN1c1cccc(Cl)c1. The van der Waals surface area contributed by atoms with E-state index >= 15 is 0 Å². The maximum Gasteiger partial charge on any atom is 0.248 e. The second-order valence-electron chi connectivity index (χ2n) is 8.41. The van der Waals surface area contributed by atoms with E-state index in [0.717, 1.165) is 34.5 Å². The predicted molar refractivity (Wildman–Crippen MR) is 136 cm³/mol. The molecular weight excluding hydrogens is 467 g/mol. The molecule has 5 nitrogen and oxygen atoms in total. The van der Waals surface area contributed by atoms with Gasteiger partial charge in [-0.05, 0) is 59.9 Å². The van der Waals surface area contributed by atoms with Crippen molar-refractivity contribution in [1.29, 1.82) is 0 Å². The van der Waals surface area contributed by atoms with Crippen molar-refractivity contribution in [1.82, 2.24) is 15.3 Å². The van der Waals surface area contributed by atoms with Crippen molar-refractivity contribution in [2.24, 2.45) is 0 Å². The molecule has 1 aliphatic rings. The molecule has 1 aromatic heterocycles. The van der Waals surface area contributed by atoms with Crippen molar-refractivity contribution in [2.45, 2.75) is 24.9 Å². The molecular formula is C27H24Cl2N4O.